The van der Waals surface area contributed by atoms with Crippen molar-refractivity contribution in [1.82, 2.24) is 9.97 Å². The summed E-state index contributed by atoms with van der Waals surface area (Å²) in [4.78, 5) is 30.4. The molecule has 6 N–H and O–H groups in total. The lowest BCUT2D eigenvalue weighted by molar-refractivity contribution is 0.0216. The number of nitrogens with zero attached hydrogens (tertiary/aromatic N) is 2. The van der Waals surface area contributed by atoms with E-state index >= 15 is 0 Å². The number of halogens is 1. The van der Waals surface area contributed by atoms with E-state index in [4.69, 9.17) is 14.8 Å². The number of hydrogen-bond donors (Lipinski definition) is 5. The predicted molar refractivity (Wildman–Crippen MR) is 106 cm³/mol. The summed E-state index contributed by atoms with van der Waals surface area (Å²) >= 11 is 0. The molecule has 0 saturated heterocycles. The molecule has 1 fully saturated rings. The van der Waals surface area contributed by atoms with Crippen LogP contribution in [0.1, 0.15) is 6.42 Å². The molecule has 0 amide bonds. The summed E-state index contributed by atoms with van der Waals surface area (Å²) < 4.78 is 35.9. The molecule has 4 rings (SSSR count). The van der Waals surface area contributed by atoms with Crippen molar-refractivity contribution in [3.8, 4) is 5.75 Å². The van der Waals surface area contributed by atoms with Crippen LogP contribution in [0.25, 0.3) is 0 Å². The molecule has 13 heteroatoms. The Morgan fingerprint density at radius 3 is 2.90 bits per heavy atom. The third-order valence-electron chi connectivity index (χ3n) is 5.38. The molecule has 1 aromatic heterocycles. The molecular weight excluding hydrogens is 420 g/mol. The zero-order valence-corrected chi connectivity index (χ0v) is 16.6. The van der Waals surface area contributed by atoms with E-state index in [9.17, 15) is 23.7 Å². The number of phosphoric acid groups is 1. The number of aliphatic hydroxyl groups excluding tert-OH is 1. The number of phosphoric ester groups is 1. The van der Waals surface area contributed by atoms with Crippen molar-refractivity contribution in [2.24, 2.45) is 11.8 Å². The normalized spacial score (nSPS) is 24.5. The molecule has 4 atom stereocenters. The van der Waals surface area contributed by atoms with Gasteiger partial charge in [-0.3, -0.25) is 19.2 Å². The van der Waals surface area contributed by atoms with Crippen molar-refractivity contribution in [3.05, 3.63) is 40.4 Å². The van der Waals surface area contributed by atoms with Gasteiger partial charge >= 0.3 is 7.82 Å². The maximum Gasteiger partial charge on any atom is 0.527 e. The number of aromatic nitrogens is 2. The smallest absolute Gasteiger partial charge is 0.401 e. The topological polar surface area (TPSA) is 163 Å². The number of anilines is 3. The number of para-hydroxylation sites is 1. The summed E-state index contributed by atoms with van der Waals surface area (Å²) in [6.45, 7) is -0.0766. The molecular formula is C17H21FN5O6P. The molecule has 0 spiro atoms. The Morgan fingerprint density at radius 2 is 2.17 bits per heavy atom. The first-order chi connectivity index (χ1) is 14.3. The fourth-order valence-electron chi connectivity index (χ4n) is 3.80. The van der Waals surface area contributed by atoms with E-state index < -0.39 is 24.9 Å². The third-order valence-corrected chi connectivity index (χ3v) is 6.28. The fraction of sp³-hybridized carbons (Fsp3) is 0.412. The highest BCUT2D eigenvalue weighted by molar-refractivity contribution is 7.47. The van der Waals surface area contributed by atoms with Crippen molar-refractivity contribution in [1.29, 1.82) is 0 Å². The van der Waals surface area contributed by atoms with Gasteiger partial charge < -0.3 is 25.6 Å². The monoisotopic (exact) mass is 441 g/mol. The van der Waals surface area contributed by atoms with Gasteiger partial charge in [0.2, 0.25) is 5.95 Å². The van der Waals surface area contributed by atoms with Crippen molar-refractivity contribution in [2.75, 3.05) is 35.8 Å². The van der Waals surface area contributed by atoms with Crippen molar-refractivity contribution in [2.45, 2.75) is 12.5 Å². The standard InChI is InChI=1S/C17H21FN5O6P/c18-11-3-1-2-4-13(11)29-30(26,27)28-7-10-9(6-24)5-12(10)23-8-20-14-15(23)21-17(19)22-16(14)25/h1-4,9-10,12,20,24H,5-8H2,(H,26,27)(H3,19,21,22,25). The lowest BCUT2D eigenvalue weighted by atomic mass is 9.69. The van der Waals surface area contributed by atoms with Crippen LogP contribution in [0.15, 0.2) is 29.1 Å². The van der Waals surface area contributed by atoms with Crippen LogP contribution >= 0.6 is 7.82 Å². The van der Waals surface area contributed by atoms with E-state index in [0.29, 0.717) is 12.2 Å². The number of nitrogen functional groups attached to an aromatic ring is 1. The molecule has 1 aliphatic carbocycles. The van der Waals surface area contributed by atoms with E-state index in [2.05, 4.69) is 15.3 Å². The van der Waals surface area contributed by atoms with Crippen LogP contribution in [0.4, 0.5) is 21.8 Å². The van der Waals surface area contributed by atoms with Crippen LogP contribution in [0, 0.1) is 17.7 Å². The molecule has 2 heterocycles. The Labute approximate surface area is 170 Å². The van der Waals surface area contributed by atoms with Crippen LogP contribution in [0.3, 0.4) is 0 Å². The Morgan fingerprint density at radius 1 is 1.40 bits per heavy atom. The highest BCUT2D eigenvalue weighted by Crippen LogP contribution is 2.48. The highest BCUT2D eigenvalue weighted by atomic mass is 31.2. The molecule has 2 aliphatic rings. The molecule has 30 heavy (non-hydrogen) atoms. The van der Waals surface area contributed by atoms with Gasteiger partial charge in [-0.25, -0.2) is 8.96 Å². The van der Waals surface area contributed by atoms with Crippen LogP contribution in [-0.4, -0.2) is 45.9 Å². The molecule has 1 aromatic carbocycles. The van der Waals surface area contributed by atoms with Crippen LogP contribution < -0.4 is 26.0 Å². The van der Waals surface area contributed by atoms with Gasteiger partial charge in [-0.2, -0.15) is 4.98 Å². The quantitative estimate of drug-likeness (QED) is 0.390. The average Bonchev–Trinajstić information content (AvgIpc) is 3.07. The van der Waals surface area contributed by atoms with Gasteiger partial charge in [-0.15, -0.1) is 0 Å². The zero-order chi connectivity index (χ0) is 21.5. The summed E-state index contributed by atoms with van der Waals surface area (Å²) in [5.74, 6) is -1.39. The minimum absolute atomic E-state index is 0.0311. The van der Waals surface area contributed by atoms with Gasteiger partial charge in [-0.05, 0) is 24.5 Å². The van der Waals surface area contributed by atoms with Gasteiger partial charge in [0.25, 0.3) is 5.56 Å². The molecule has 0 radical (unpaired) electrons. The Kier molecular flexibility index (Phi) is 5.41. The van der Waals surface area contributed by atoms with Gasteiger partial charge in [0.05, 0.1) is 13.3 Å². The van der Waals surface area contributed by atoms with Gasteiger partial charge in [0, 0.05) is 18.6 Å². The summed E-state index contributed by atoms with van der Waals surface area (Å²) in [5.41, 5.74) is 5.53. The highest BCUT2D eigenvalue weighted by Gasteiger charge is 2.47. The lowest BCUT2D eigenvalue weighted by Gasteiger charge is -2.48. The summed E-state index contributed by atoms with van der Waals surface area (Å²) in [5, 5.41) is 12.6. The van der Waals surface area contributed by atoms with E-state index in [1.807, 2.05) is 0 Å². The van der Waals surface area contributed by atoms with Gasteiger partial charge in [0.15, 0.2) is 17.4 Å². The Bertz CT molecular complexity index is 1050. The Hall–Kier alpha value is -2.66. The molecule has 0 bridgehead atoms. The third kappa shape index (κ3) is 3.86. The molecule has 162 valence electrons. The van der Waals surface area contributed by atoms with E-state index in [0.717, 1.165) is 6.07 Å². The number of H-pyrrole nitrogens is 1. The molecule has 2 aromatic rings. The number of rotatable bonds is 7. The fourth-order valence-corrected chi connectivity index (χ4v) is 4.61. The lowest BCUT2D eigenvalue weighted by Crippen LogP contribution is -2.55. The number of aliphatic hydroxyl groups is 1. The Balaban J connectivity index is 1.47. The average molecular weight is 441 g/mol. The van der Waals surface area contributed by atoms with E-state index in [-0.39, 0.29) is 49.4 Å². The second-order valence-electron chi connectivity index (χ2n) is 7.15. The van der Waals surface area contributed by atoms with Crippen molar-refractivity contribution in [3.63, 3.8) is 0 Å². The second kappa shape index (κ2) is 7.88. The first-order valence-corrected chi connectivity index (χ1v) is 10.7. The SMILES string of the molecule is Nc1nc2c(c(=O)[nH]1)NCN2C1CC(CO)C1COP(=O)(O)Oc1ccccc1F. The molecule has 1 saturated carbocycles. The van der Waals surface area contributed by atoms with Gasteiger partial charge in [-0.1, -0.05) is 12.1 Å². The molecule has 11 nitrogen and oxygen atoms in total. The number of benzene rings is 1. The number of nitrogens with one attached hydrogen (secondary N) is 2. The summed E-state index contributed by atoms with van der Waals surface area (Å²) in [7, 11) is -4.60. The van der Waals surface area contributed by atoms with Crippen LogP contribution in [-0.2, 0) is 9.09 Å². The molecule has 4 unspecified atom stereocenters. The number of aromatic amines is 1. The second-order valence-corrected chi connectivity index (χ2v) is 8.53. The van der Waals surface area contributed by atoms with Crippen LogP contribution in [0.2, 0.25) is 0 Å². The van der Waals surface area contributed by atoms with Crippen molar-refractivity contribution >= 4 is 25.3 Å². The largest absolute Gasteiger partial charge is 0.527 e. The van der Waals surface area contributed by atoms with Crippen LogP contribution in [0.5, 0.6) is 5.75 Å². The zero-order valence-electron chi connectivity index (χ0n) is 15.7. The number of hydrogen-bond acceptors (Lipinski definition) is 9. The summed E-state index contributed by atoms with van der Waals surface area (Å²) in [6, 6.07) is 4.96. The molecule has 1 aliphatic heterocycles. The minimum atomic E-state index is -4.60. The van der Waals surface area contributed by atoms with Gasteiger partial charge in [0.1, 0.15) is 5.69 Å². The predicted octanol–water partition coefficient (Wildman–Crippen LogP) is 0.874. The van der Waals surface area contributed by atoms with E-state index in [1.54, 1.807) is 4.90 Å². The first kappa shape index (κ1) is 20.6. The first-order valence-electron chi connectivity index (χ1n) is 9.21. The number of fused-ring (bicyclic) bond motifs is 1. The van der Waals surface area contributed by atoms with E-state index in [1.165, 1.54) is 18.2 Å². The maximum atomic E-state index is 13.7. The summed E-state index contributed by atoms with van der Waals surface area (Å²) in [6.07, 6.45) is 0.559. The van der Waals surface area contributed by atoms with Crippen molar-refractivity contribution < 1.29 is 28.0 Å². The number of nitrogens with two attached hydrogens (primary N) is 1. The maximum absolute atomic E-state index is 13.7. The minimum Gasteiger partial charge on any atom is -0.401 e.